The van der Waals surface area contributed by atoms with Crippen molar-refractivity contribution in [3.05, 3.63) is 90.3 Å². The van der Waals surface area contributed by atoms with Crippen LogP contribution in [0.1, 0.15) is 24.5 Å². The third-order valence-corrected chi connectivity index (χ3v) is 5.97. The minimum atomic E-state index is -0.391. The first-order valence-electron chi connectivity index (χ1n) is 10.7. The standard InChI is InChI=1S/C26H29N3O/c1-2-28-25(30)26(13-15-29(20-26)19-21-8-4-3-5-9-21)17-22-10-6-11-23(16-22)24-12-7-14-27-18-24/h3-12,14,16,18H,2,13,15,17,19-20H2,1H3,(H,28,30)/t26-/m0/s1. The maximum absolute atomic E-state index is 13.2. The number of rotatable bonds is 7. The number of carbonyl (C=O) groups is 1. The van der Waals surface area contributed by atoms with Crippen LogP contribution in [0, 0.1) is 5.41 Å². The summed E-state index contributed by atoms with van der Waals surface area (Å²) in [6, 6.07) is 23.1. The molecule has 1 aliphatic rings. The molecular formula is C26H29N3O. The minimum Gasteiger partial charge on any atom is -0.356 e. The van der Waals surface area contributed by atoms with Crippen molar-refractivity contribution in [1.82, 2.24) is 15.2 Å². The first-order chi connectivity index (χ1) is 14.7. The van der Waals surface area contributed by atoms with Gasteiger partial charge in [-0.3, -0.25) is 14.7 Å². The molecule has 1 atom stereocenters. The first kappa shape index (κ1) is 20.3. The predicted octanol–water partition coefficient (Wildman–Crippen LogP) is 4.32. The summed E-state index contributed by atoms with van der Waals surface area (Å²) < 4.78 is 0. The van der Waals surface area contributed by atoms with Crippen LogP contribution in [0.3, 0.4) is 0 Å². The molecule has 1 saturated heterocycles. The van der Waals surface area contributed by atoms with E-state index in [0.29, 0.717) is 6.54 Å². The van der Waals surface area contributed by atoms with Crippen LogP contribution in [-0.2, 0) is 17.8 Å². The molecule has 0 aliphatic carbocycles. The van der Waals surface area contributed by atoms with E-state index in [9.17, 15) is 4.79 Å². The molecule has 3 aromatic rings. The van der Waals surface area contributed by atoms with Crippen molar-refractivity contribution in [2.24, 2.45) is 5.41 Å². The predicted molar refractivity (Wildman–Crippen MR) is 121 cm³/mol. The number of likely N-dealkylation sites (tertiary alicyclic amines) is 1. The second-order valence-electron chi connectivity index (χ2n) is 8.20. The van der Waals surface area contributed by atoms with Gasteiger partial charge in [0, 0.05) is 32.0 Å². The molecule has 1 N–H and O–H groups in total. The molecule has 1 fully saturated rings. The average Bonchev–Trinajstić information content (AvgIpc) is 3.19. The molecule has 0 unspecified atom stereocenters. The fourth-order valence-corrected chi connectivity index (χ4v) is 4.48. The topological polar surface area (TPSA) is 45.2 Å². The maximum atomic E-state index is 13.2. The van der Waals surface area contributed by atoms with Gasteiger partial charge in [0.1, 0.15) is 0 Å². The summed E-state index contributed by atoms with van der Waals surface area (Å²) in [7, 11) is 0. The molecule has 1 amide bonds. The van der Waals surface area contributed by atoms with Crippen LogP contribution in [-0.4, -0.2) is 35.4 Å². The molecule has 0 saturated carbocycles. The normalized spacial score (nSPS) is 19.0. The lowest BCUT2D eigenvalue weighted by Crippen LogP contribution is -2.44. The fraction of sp³-hybridized carbons (Fsp3) is 0.308. The van der Waals surface area contributed by atoms with Crippen LogP contribution in [0.2, 0.25) is 0 Å². The second-order valence-corrected chi connectivity index (χ2v) is 8.20. The smallest absolute Gasteiger partial charge is 0.227 e. The van der Waals surface area contributed by atoms with Gasteiger partial charge in [-0.05, 0) is 54.6 Å². The number of carbonyl (C=O) groups excluding carboxylic acids is 1. The van der Waals surface area contributed by atoms with Gasteiger partial charge >= 0.3 is 0 Å². The van der Waals surface area contributed by atoms with Gasteiger partial charge in [0.15, 0.2) is 0 Å². The molecule has 0 spiro atoms. The highest BCUT2D eigenvalue weighted by atomic mass is 16.2. The Morgan fingerprint density at radius 1 is 1.03 bits per heavy atom. The molecule has 4 rings (SSSR count). The summed E-state index contributed by atoms with van der Waals surface area (Å²) in [6.07, 6.45) is 5.30. The summed E-state index contributed by atoms with van der Waals surface area (Å²) in [6.45, 7) is 5.26. The van der Waals surface area contributed by atoms with E-state index in [1.807, 2.05) is 25.3 Å². The summed E-state index contributed by atoms with van der Waals surface area (Å²) in [5, 5.41) is 3.10. The Bertz CT molecular complexity index is 974. The third-order valence-electron chi connectivity index (χ3n) is 5.97. The number of nitrogens with zero attached hydrogens (tertiary/aromatic N) is 2. The van der Waals surface area contributed by atoms with E-state index in [-0.39, 0.29) is 5.91 Å². The average molecular weight is 400 g/mol. The fourth-order valence-electron chi connectivity index (χ4n) is 4.48. The van der Waals surface area contributed by atoms with Crippen LogP contribution in [0.15, 0.2) is 79.1 Å². The molecule has 4 heteroatoms. The lowest BCUT2D eigenvalue weighted by atomic mass is 9.79. The second kappa shape index (κ2) is 9.23. The molecule has 0 bridgehead atoms. The van der Waals surface area contributed by atoms with Crippen molar-refractivity contribution in [2.45, 2.75) is 26.3 Å². The first-order valence-corrected chi connectivity index (χ1v) is 10.7. The third kappa shape index (κ3) is 4.60. The van der Waals surface area contributed by atoms with Crippen LogP contribution >= 0.6 is 0 Å². The Labute approximate surface area is 179 Å². The largest absolute Gasteiger partial charge is 0.356 e. The summed E-state index contributed by atoms with van der Waals surface area (Å²) in [5.41, 5.74) is 4.35. The van der Waals surface area contributed by atoms with Gasteiger partial charge in [0.2, 0.25) is 5.91 Å². The molecule has 2 heterocycles. The zero-order chi connectivity index (χ0) is 20.8. The van der Waals surface area contributed by atoms with Crippen molar-refractivity contribution in [2.75, 3.05) is 19.6 Å². The van der Waals surface area contributed by atoms with E-state index < -0.39 is 5.41 Å². The Hall–Kier alpha value is -2.98. The van der Waals surface area contributed by atoms with Gasteiger partial charge in [-0.15, -0.1) is 0 Å². The van der Waals surface area contributed by atoms with Crippen molar-refractivity contribution in [3.63, 3.8) is 0 Å². The van der Waals surface area contributed by atoms with Crippen molar-refractivity contribution in [1.29, 1.82) is 0 Å². The molecule has 2 aromatic carbocycles. The molecule has 1 aromatic heterocycles. The van der Waals surface area contributed by atoms with Crippen LogP contribution < -0.4 is 5.32 Å². The lowest BCUT2D eigenvalue weighted by molar-refractivity contribution is -0.130. The van der Waals surface area contributed by atoms with E-state index >= 15 is 0 Å². The van der Waals surface area contributed by atoms with E-state index in [4.69, 9.17) is 0 Å². The highest BCUT2D eigenvalue weighted by molar-refractivity contribution is 5.83. The van der Waals surface area contributed by atoms with Gasteiger partial charge in [0.05, 0.1) is 5.41 Å². The summed E-state index contributed by atoms with van der Waals surface area (Å²) >= 11 is 0. The SMILES string of the molecule is CCNC(=O)[C@]1(Cc2cccc(-c3cccnc3)c2)CCN(Cc2ccccc2)C1. The number of benzene rings is 2. The van der Waals surface area contributed by atoms with E-state index in [0.717, 1.165) is 43.6 Å². The van der Waals surface area contributed by atoms with E-state index in [1.165, 1.54) is 11.1 Å². The summed E-state index contributed by atoms with van der Waals surface area (Å²) in [5.74, 6) is 0.173. The van der Waals surface area contributed by atoms with Crippen molar-refractivity contribution in [3.8, 4) is 11.1 Å². The quantitative estimate of drug-likeness (QED) is 0.644. The number of hydrogen-bond acceptors (Lipinski definition) is 3. The molecule has 154 valence electrons. The zero-order valence-corrected chi connectivity index (χ0v) is 17.6. The van der Waals surface area contributed by atoms with Crippen molar-refractivity contribution < 1.29 is 4.79 Å². The number of aromatic nitrogens is 1. The van der Waals surface area contributed by atoms with E-state index in [1.54, 1.807) is 6.20 Å². The number of amides is 1. The highest BCUT2D eigenvalue weighted by Gasteiger charge is 2.44. The monoisotopic (exact) mass is 399 g/mol. The number of pyridine rings is 1. The Morgan fingerprint density at radius 2 is 1.83 bits per heavy atom. The van der Waals surface area contributed by atoms with Crippen LogP contribution in [0.4, 0.5) is 0 Å². The van der Waals surface area contributed by atoms with Crippen LogP contribution in [0.25, 0.3) is 11.1 Å². The molecule has 0 radical (unpaired) electrons. The Balaban J connectivity index is 1.56. The van der Waals surface area contributed by atoms with Gasteiger partial charge in [0.25, 0.3) is 0 Å². The maximum Gasteiger partial charge on any atom is 0.227 e. The lowest BCUT2D eigenvalue weighted by Gasteiger charge is -2.28. The van der Waals surface area contributed by atoms with E-state index in [2.05, 4.69) is 69.8 Å². The minimum absolute atomic E-state index is 0.173. The highest BCUT2D eigenvalue weighted by Crippen LogP contribution is 2.36. The Kier molecular flexibility index (Phi) is 6.24. The number of nitrogens with one attached hydrogen (secondary N) is 1. The summed E-state index contributed by atoms with van der Waals surface area (Å²) in [4.78, 5) is 19.8. The zero-order valence-electron chi connectivity index (χ0n) is 17.6. The number of hydrogen-bond donors (Lipinski definition) is 1. The van der Waals surface area contributed by atoms with Gasteiger partial charge in [-0.25, -0.2) is 0 Å². The van der Waals surface area contributed by atoms with Gasteiger partial charge in [-0.1, -0.05) is 60.7 Å². The molecule has 30 heavy (non-hydrogen) atoms. The molecular weight excluding hydrogens is 370 g/mol. The molecule has 1 aliphatic heterocycles. The van der Waals surface area contributed by atoms with Gasteiger partial charge in [-0.2, -0.15) is 0 Å². The van der Waals surface area contributed by atoms with Crippen molar-refractivity contribution >= 4 is 5.91 Å². The van der Waals surface area contributed by atoms with Gasteiger partial charge < -0.3 is 5.32 Å². The Morgan fingerprint density at radius 3 is 2.60 bits per heavy atom. The van der Waals surface area contributed by atoms with Crippen LogP contribution in [0.5, 0.6) is 0 Å². The molecule has 4 nitrogen and oxygen atoms in total.